The third kappa shape index (κ3) is 4.17. The lowest BCUT2D eigenvalue weighted by molar-refractivity contribution is -0.140. The molecule has 0 saturated heterocycles. The van der Waals surface area contributed by atoms with Crippen LogP contribution in [0.2, 0.25) is 0 Å². The second-order valence-corrected chi connectivity index (χ2v) is 4.98. The van der Waals surface area contributed by atoms with Crippen LogP contribution in [0.5, 0.6) is 0 Å². The third-order valence-electron chi connectivity index (χ3n) is 3.54. The zero-order valence-electron chi connectivity index (χ0n) is 12.5. The summed E-state index contributed by atoms with van der Waals surface area (Å²) in [5.41, 5.74) is 3.65. The highest BCUT2D eigenvalue weighted by Crippen LogP contribution is 2.24. The van der Waals surface area contributed by atoms with Crippen molar-refractivity contribution < 1.29 is 9.53 Å². The van der Waals surface area contributed by atoms with Crippen LogP contribution in [-0.2, 0) is 9.53 Å². The second kappa shape index (κ2) is 7.60. The van der Waals surface area contributed by atoms with Gasteiger partial charge in [-0.3, -0.25) is 4.79 Å². The van der Waals surface area contributed by atoms with Gasteiger partial charge in [0.25, 0.3) is 0 Å². The van der Waals surface area contributed by atoms with Gasteiger partial charge in [0.05, 0.1) is 19.6 Å². The van der Waals surface area contributed by atoms with Gasteiger partial charge < -0.3 is 10.1 Å². The van der Waals surface area contributed by atoms with Gasteiger partial charge in [-0.1, -0.05) is 54.6 Å². The summed E-state index contributed by atoms with van der Waals surface area (Å²) in [5, 5.41) is 3.46. The molecule has 0 amide bonds. The van der Waals surface area contributed by atoms with Gasteiger partial charge in [0.2, 0.25) is 0 Å². The van der Waals surface area contributed by atoms with E-state index in [0.29, 0.717) is 13.0 Å². The van der Waals surface area contributed by atoms with Crippen molar-refractivity contribution in [2.45, 2.75) is 19.4 Å². The number of hydrogen-bond acceptors (Lipinski definition) is 3. The summed E-state index contributed by atoms with van der Waals surface area (Å²) in [6.07, 6.45) is 0.367. The minimum absolute atomic E-state index is 0.0806. The van der Waals surface area contributed by atoms with E-state index in [0.717, 1.165) is 0 Å². The van der Waals surface area contributed by atoms with Gasteiger partial charge in [0.15, 0.2) is 0 Å². The molecule has 0 spiro atoms. The largest absolute Gasteiger partial charge is 0.469 e. The third-order valence-corrected chi connectivity index (χ3v) is 3.54. The minimum Gasteiger partial charge on any atom is -0.469 e. The maximum atomic E-state index is 11.3. The standard InChI is InChI=1S/C18H21NO2/c1-14-8-6-7-11-16(14)18(15-9-4-3-5-10-15)19-13-12-17(20)21-2/h3-11,18-19H,12-13H2,1-2H3. The lowest BCUT2D eigenvalue weighted by Gasteiger charge is -2.21. The molecule has 2 rings (SSSR count). The summed E-state index contributed by atoms with van der Waals surface area (Å²) in [7, 11) is 1.42. The average molecular weight is 283 g/mol. The Bertz CT molecular complexity index is 581. The van der Waals surface area contributed by atoms with Gasteiger partial charge in [-0.05, 0) is 23.6 Å². The highest BCUT2D eigenvalue weighted by molar-refractivity contribution is 5.69. The monoisotopic (exact) mass is 283 g/mol. The predicted molar refractivity (Wildman–Crippen MR) is 84.1 cm³/mol. The van der Waals surface area contributed by atoms with Gasteiger partial charge in [0, 0.05) is 6.54 Å². The summed E-state index contributed by atoms with van der Waals surface area (Å²) in [6, 6.07) is 18.7. The predicted octanol–water partition coefficient (Wildman–Crippen LogP) is 3.24. The van der Waals surface area contributed by atoms with E-state index in [2.05, 4.69) is 41.2 Å². The molecule has 21 heavy (non-hydrogen) atoms. The first-order chi connectivity index (χ1) is 10.2. The minimum atomic E-state index is -0.195. The van der Waals surface area contributed by atoms with Crippen molar-refractivity contribution in [2.24, 2.45) is 0 Å². The molecule has 0 aliphatic rings. The van der Waals surface area contributed by atoms with E-state index in [1.807, 2.05) is 30.3 Å². The number of methoxy groups -OCH3 is 1. The van der Waals surface area contributed by atoms with Gasteiger partial charge >= 0.3 is 5.97 Å². The van der Waals surface area contributed by atoms with Gasteiger partial charge in [-0.25, -0.2) is 0 Å². The van der Waals surface area contributed by atoms with Crippen molar-refractivity contribution in [3.63, 3.8) is 0 Å². The maximum Gasteiger partial charge on any atom is 0.306 e. The molecule has 3 nitrogen and oxygen atoms in total. The fraction of sp³-hybridized carbons (Fsp3) is 0.278. The van der Waals surface area contributed by atoms with Crippen LogP contribution in [0, 0.1) is 6.92 Å². The van der Waals surface area contributed by atoms with Crippen molar-refractivity contribution in [3.05, 3.63) is 71.3 Å². The van der Waals surface area contributed by atoms with E-state index >= 15 is 0 Å². The highest BCUT2D eigenvalue weighted by atomic mass is 16.5. The molecule has 0 saturated carbocycles. The topological polar surface area (TPSA) is 38.3 Å². The summed E-state index contributed by atoms with van der Waals surface area (Å²) in [6.45, 7) is 2.69. The van der Waals surface area contributed by atoms with Crippen molar-refractivity contribution in [1.82, 2.24) is 5.32 Å². The lowest BCUT2D eigenvalue weighted by Crippen LogP contribution is -2.26. The molecule has 0 aliphatic heterocycles. The number of benzene rings is 2. The van der Waals surface area contributed by atoms with E-state index in [-0.39, 0.29) is 12.0 Å². The maximum absolute atomic E-state index is 11.3. The van der Waals surface area contributed by atoms with Crippen molar-refractivity contribution in [2.75, 3.05) is 13.7 Å². The second-order valence-electron chi connectivity index (χ2n) is 4.98. The molecular formula is C18H21NO2. The van der Waals surface area contributed by atoms with Gasteiger partial charge in [-0.15, -0.1) is 0 Å². The Labute approximate surface area is 126 Å². The van der Waals surface area contributed by atoms with Crippen LogP contribution in [0.1, 0.15) is 29.2 Å². The Kier molecular flexibility index (Phi) is 5.52. The first-order valence-corrected chi connectivity index (χ1v) is 7.13. The molecule has 110 valence electrons. The molecule has 1 N–H and O–H groups in total. The smallest absolute Gasteiger partial charge is 0.306 e. The molecule has 0 heterocycles. The van der Waals surface area contributed by atoms with Crippen molar-refractivity contribution in [3.8, 4) is 0 Å². The Hall–Kier alpha value is -2.13. The number of aryl methyl sites for hydroxylation is 1. The summed E-state index contributed by atoms with van der Waals surface area (Å²) >= 11 is 0. The van der Waals surface area contributed by atoms with E-state index < -0.39 is 0 Å². The van der Waals surface area contributed by atoms with E-state index in [1.54, 1.807) is 0 Å². The van der Waals surface area contributed by atoms with Crippen LogP contribution in [0.4, 0.5) is 0 Å². The Morgan fingerprint density at radius 1 is 1.10 bits per heavy atom. The van der Waals surface area contributed by atoms with Crippen molar-refractivity contribution in [1.29, 1.82) is 0 Å². The first kappa shape index (κ1) is 15.3. The lowest BCUT2D eigenvalue weighted by atomic mass is 9.95. The molecular weight excluding hydrogens is 262 g/mol. The first-order valence-electron chi connectivity index (χ1n) is 7.13. The Balaban J connectivity index is 2.19. The molecule has 1 unspecified atom stereocenters. The fourth-order valence-electron chi connectivity index (χ4n) is 2.38. The van der Waals surface area contributed by atoms with E-state index in [1.165, 1.54) is 23.8 Å². The van der Waals surface area contributed by atoms with Gasteiger partial charge in [-0.2, -0.15) is 0 Å². The molecule has 3 heteroatoms. The van der Waals surface area contributed by atoms with Crippen molar-refractivity contribution >= 4 is 5.97 Å². The number of rotatable bonds is 6. The summed E-state index contributed by atoms with van der Waals surface area (Å²) in [4.78, 5) is 11.3. The number of nitrogens with one attached hydrogen (secondary N) is 1. The quantitative estimate of drug-likeness (QED) is 0.827. The zero-order chi connectivity index (χ0) is 15.1. The van der Waals surface area contributed by atoms with Gasteiger partial charge in [0.1, 0.15) is 0 Å². The molecule has 0 bridgehead atoms. The zero-order valence-corrected chi connectivity index (χ0v) is 12.5. The molecule has 0 aliphatic carbocycles. The molecule has 0 aromatic heterocycles. The Morgan fingerprint density at radius 3 is 2.43 bits per heavy atom. The molecule has 2 aromatic carbocycles. The number of esters is 1. The summed E-state index contributed by atoms with van der Waals surface area (Å²) < 4.78 is 4.69. The average Bonchev–Trinajstić information content (AvgIpc) is 2.53. The fourth-order valence-corrected chi connectivity index (χ4v) is 2.38. The summed E-state index contributed by atoms with van der Waals surface area (Å²) in [5.74, 6) is -0.195. The molecule has 1 atom stereocenters. The normalized spacial score (nSPS) is 11.9. The van der Waals surface area contributed by atoms with Crippen LogP contribution in [0.25, 0.3) is 0 Å². The Morgan fingerprint density at radius 2 is 1.76 bits per heavy atom. The SMILES string of the molecule is COC(=O)CCNC(c1ccccc1)c1ccccc1C. The number of carbonyl (C=O) groups is 1. The van der Waals surface area contributed by atoms with Crippen LogP contribution in [0.3, 0.4) is 0 Å². The van der Waals surface area contributed by atoms with E-state index in [4.69, 9.17) is 0 Å². The molecule has 2 aromatic rings. The molecule has 0 radical (unpaired) electrons. The van der Waals surface area contributed by atoms with Crippen LogP contribution in [-0.4, -0.2) is 19.6 Å². The molecule has 0 fully saturated rings. The highest BCUT2D eigenvalue weighted by Gasteiger charge is 2.15. The van der Waals surface area contributed by atoms with Crippen LogP contribution in [0.15, 0.2) is 54.6 Å². The number of hydrogen-bond donors (Lipinski definition) is 1. The van der Waals surface area contributed by atoms with E-state index in [9.17, 15) is 4.79 Å². The van der Waals surface area contributed by atoms with Crippen LogP contribution < -0.4 is 5.32 Å². The number of ether oxygens (including phenoxy) is 1. The number of carbonyl (C=O) groups excluding carboxylic acids is 1. The van der Waals surface area contributed by atoms with Crippen LogP contribution >= 0.6 is 0 Å².